The third-order valence-corrected chi connectivity index (χ3v) is 5.37. The number of carbonyl (C=O) groups excluding carboxylic acids is 2. The van der Waals surface area contributed by atoms with E-state index in [1.165, 1.54) is 0 Å². The Morgan fingerprint density at radius 1 is 1.28 bits per heavy atom. The quantitative estimate of drug-likeness (QED) is 0.664. The lowest BCUT2D eigenvalue weighted by Crippen LogP contribution is -2.23. The van der Waals surface area contributed by atoms with Crippen LogP contribution in [0.4, 0.5) is 11.5 Å². The minimum absolute atomic E-state index is 0.0332. The number of nitrogens with zero attached hydrogens (tertiary/aromatic N) is 2. The van der Waals surface area contributed by atoms with Crippen LogP contribution in [0.5, 0.6) is 5.75 Å². The minimum Gasteiger partial charge on any atom is -0.497 e. The van der Waals surface area contributed by atoms with E-state index in [0.717, 1.165) is 22.4 Å². The number of rotatable bonds is 5. The van der Waals surface area contributed by atoms with Crippen molar-refractivity contribution in [2.45, 2.75) is 19.4 Å². The maximum absolute atomic E-state index is 12.5. The number of carbonyl (C=O) groups is 2. The Morgan fingerprint density at radius 3 is 2.76 bits per heavy atom. The third-order valence-electron chi connectivity index (χ3n) is 4.96. The van der Waals surface area contributed by atoms with E-state index in [4.69, 9.17) is 16.3 Å². The van der Waals surface area contributed by atoms with Crippen molar-refractivity contribution in [1.82, 2.24) is 9.78 Å². The van der Waals surface area contributed by atoms with Crippen LogP contribution in [0.15, 0.2) is 48.7 Å². The molecule has 7 nitrogen and oxygen atoms in total. The highest BCUT2D eigenvalue weighted by molar-refractivity contribution is 6.31. The zero-order valence-electron chi connectivity index (χ0n) is 15.9. The summed E-state index contributed by atoms with van der Waals surface area (Å²) in [7, 11) is 1.60. The lowest BCUT2D eigenvalue weighted by Gasteiger charge is -2.12. The van der Waals surface area contributed by atoms with Crippen LogP contribution in [0.2, 0.25) is 5.02 Å². The Morgan fingerprint density at radius 2 is 2.03 bits per heavy atom. The molecule has 8 heteroatoms. The van der Waals surface area contributed by atoms with Crippen LogP contribution < -0.4 is 15.4 Å². The van der Waals surface area contributed by atoms with Crippen LogP contribution in [0.3, 0.4) is 0 Å². The van der Waals surface area contributed by atoms with E-state index in [2.05, 4.69) is 15.7 Å². The fourth-order valence-electron chi connectivity index (χ4n) is 3.31. The van der Waals surface area contributed by atoms with Crippen LogP contribution in [-0.2, 0) is 9.59 Å². The fraction of sp³-hybridized carbons (Fsp3) is 0.190. The second-order valence-electron chi connectivity index (χ2n) is 6.75. The Kier molecular flexibility index (Phi) is 4.98. The standard InChI is InChI=1S/C21H19ClN4O3/c1-12-16(22)4-3-5-17(12)24-19(27)10-18-21(28)25-20-15(11-23-26(18)20)13-6-8-14(29-2)9-7-13/h3-9,11,18H,10H2,1-2H3,(H,24,27)(H,25,28). The number of hydrogen-bond acceptors (Lipinski definition) is 4. The summed E-state index contributed by atoms with van der Waals surface area (Å²) in [6, 6.07) is 12.1. The Labute approximate surface area is 172 Å². The maximum Gasteiger partial charge on any atom is 0.251 e. The molecule has 1 aromatic heterocycles. The van der Waals surface area contributed by atoms with E-state index in [1.54, 1.807) is 36.2 Å². The second kappa shape index (κ2) is 7.60. The van der Waals surface area contributed by atoms with E-state index in [0.29, 0.717) is 16.5 Å². The van der Waals surface area contributed by atoms with Gasteiger partial charge in [0.1, 0.15) is 17.6 Å². The van der Waals surface area contributed by atoms with E-state index >= 15 is 0 Å². The second-order valence-corrected chi connectivity index (χ2v) is 7.16. The minimum atomic E-state index is -0.712. The number of methoxy groups -OCH3 is 1. The first-order chi connectivity index (χ1) is 14.0. The first kappa shape index (κ1) is 19.0. The molecular weight excluding hydrogens is 392 g/mol. The lowest BCUT2D eigenvalue weighted by atomic mass is 10.1. The summed E-state index contributed by atoms with van der Waals surface area (Å²) in [6.07, 6.45) is 1.65. The van der Waals surface area contributed by atoms with E-state index in [1.807, 2.05) is 31.2 Å². The maximum atomic E-state index is 12.5. The van der Waals surface area contributed by atoms with Crippen LogP contribution in [0.25, 0.3) is 11.1 Å². The molecule has 2 aromatic carbocycles. The van der Waals surface area contributed by atoms with Crippen molar-refractivity contribution < 1.29 is 14.3 Å². The molecule has 148 valence electrons. The van der Waals surface area contributed by atoms with Gasteiger partial charge in [-0.15, -0.1) is 0 Å². The summed E-state index contributed by atoms with van der Waals surface area (Å²) in [5.41, 5.74) is 3.09. The molecule has 4 rings (SSSR count). The highest BCUT2D eigenvalue weighted by atomic mass is 35.5. The van der Waals surface area contributed by atoms with Crippen molar-refractivity contribution in [2.75, 3.05) is 17.7 Å². The number of anilines is 2. The van der Waals surface area contributed by atoms with E-state index in [-0.39, 0.29) is 18.2 Å². The average molecular weight is 411 g/mol. The number of fused-ring (bicyclic) bond motifs is 1. The first-order valence-electron chi connectivity index (χ1n) is 9.05. The monoisotopic (exact) mass is 410 g/mol. The number of aromatic nitrogens is 2. The van der Waals surface area contributed by atoms with Gasteiger partial charge >= 0.3 is 0 Å². The average Bonchev–Trinajstić information content (AvgIpc) is 3.25. The molecule has 0 fully saturated rings. The molecule has 0 aliphatic carbocycles. The van der Waals surface area contributed by atoms with Gasteiger partial charge < -0.3 is 15.4 Å². The molecule has 0 radical (unpaired) electrons. The molecule has 0 saturated heterocycles. The summed E-state index contributed by atoms with van der Waals surface area (Å²) < 4.78 is 6.74. The molecule has 1 aliphatic heterocycles. The molecule has 2 N–H and O–H groups in total. The predicted octanol–water partition coefficient (Wildman–Crippen LogP) is 4.04. The van der Waals surface area contributed by atoms with Gasteiger partial charge in [-0.3, -0.25) is 9.59 Å². The van der Waals surface area contributed by atoms with Crippen molar-refractivity contribution in [3.8, 4) is 16.9 Å². The van der Waals surface area contributed by atoms with Gasteiger partial charge in [0.2, 0.25) is 5.91 Å². The molecule has 1 aliphatic rings. The van der Waals surface area contributed by atoms with Gasteiger partial charge in [0.15, 0.2) is 0 Å². The van der Waals surface area contributed by atoms with Gasteiger partial charge in [0.05, 0.1) is 19.7 Å². The number of benzene rings is 2. The smallest absolute Gasteiger partial charge is 0.251 e. The summed E-state index contributed by atoms with van der Waals surface area (Å²) in [5.74, 6) is 0.773. The molecule has 0 bridgehead atoms. The molecule has 0 spiro atoms. The highest BCUT2D eigenvalue weighted by Gasteiger charge is 2.35. The SMILES string of the molecule is COc1ccc(-c2cnn3c2NC(=O)C3CC(=O)Nc2cccc(Cl)c2C)cc1. The van der Waals surface area contributed by atoms with Gasteiger partial charge in [-0.2, -0.15) is 5.10 Å². The zero-order chi connectivity index (χ0) is 20.5. The van der Waals surface area contributed by atoms with Gasteiger partial charge in [0.25, 0.3) is 5.91 Å². The highest BCUT2D eigenvalue weighted by Crippen LogP contribution is 2.36. The summed E-state index contributed by atoms with van der Waals surface area (Å²) >= 11 is 6.10. The third kappa shape index (κ3) is 3.56. The first-order valence-corrected chi connectivity index (χ1v) is 9.43. The van der Waals surface area contributed by atoms with Gasteiger partial charge in [0, 0.05) is 16.3 Å². The van der Waals surface area contributed by atoms with Crippen molar-refractivity contribution in [2.24, 2.45) is 0 Å². The molecule has 2 amide bonds. The van der Waals surface area contributed by atoms with Crippen molar-refractivity contribution in [1.29, 1.82) is 0 Å². The Balaban J connectivity index is 1.54. The van der Waals surface area contributed by atoms with E-state index < -0.39 is 6.04 Å². The molecule has 3 aromatic rings. The lowest BCUT2D eigenvalue weighted by molar-refractivity contribution is -0.123. The van der Waals surface area contributed by atoms with Crippen LogP contribution in [0, 0.1) is 6.92 Å². The number of hydrogen-bond donors (Lipinski definition) is 2. The van der Waals surface area contributed by atoms with Crippen LogP contribution in [-0.4, -0.2) is 28.7 Å². The van der Waals surface area contributed by atoms with Crippen molar-refractivity contribution >= 4 is 34.9 Å². The van der Waals surface area contributed by atoms with Gasteiger partial charge in [-0.25, -0.2) is 4.68 Å². The molecule has 29 heavy (non-hydrogen) atoms. The molecule has 1 unspecified atom stereocenters. The molecular formula is C21H19ClN4O3. The molecule has 2 heterocycles. The van der Waals surface area contributed by atoms with E-state index in [9.17, 15) is 9.59 Å². The Bertz CT molecular complexity index is 1090. The number of halogens is 1. The largest absolute Gasteiger partial charge is 0.497 e. The Hall–Kier alpha value is -3.32. The molecule has 1 atom stereocenters. The number of amides is 2. The molecule has 0 saturated carbocycles. The summed E-state index contributed by atoms with van der Waals surface area (Å²) in [6.45, 7) is 1.83. The summed E-state index contributed by atoms with van der Waals surface area (Å²) in [4.78, 5) is 25.0. The number of ether oxygens (including phenoxy) is 1. The van der Waals surface area contributed by atoms with Crippen molar-refractivity contribution in [3.63, 3.8) is 0 Å². The van der Waals surface area contributed by atoms with Gasteiger partial charge in [-0.05, 0) is 42.3 Å². The van der Waals surface area contributed by atoms with Crippen molar-refractivity contribution in [3.05, 3.63) is 59.2 Å². The zero-order valence-corrected chi connectivity index (χ0v) is 16.7. The number of nitrogens with one attached hydrogen (secondary N) is 2. The normalized spacial score (nSPS) is 15.0. The predicted molar refractivity (Wildman–Crippen MR) is 111 cm³/mol. The van der Waals surface area contributed by atoms with Crippen LogP contribution in [0.1, 0.15) is 18.0 Å². The topological polar surface area (TPSA) is 85.2 Å². The van der Waals surface area contributed by atoms with Crippen LogP contribution >= 0.6 is 11.6 Å². The summed E-state index contributed by atoms with van der Waals surface area (Å²) in [5, 5.41) is 10.6. The fourth-order valence-corrected chi connectivity index (χ4v) is 3.49. The van der Waals surface area contributed by atoms with Gasteiger partial charge in [-0.1, -0.05) is 29.8 Å².